The number of rotatable bonds is 26. The van der Waals surface area contributed by atoms with Gasteiger partial charge in [-0.05, 0) is 96.5 Å². The van der Waals surface area contributed by atoms with Crippen LogP contribution in [0, 0.1) is 17.2 Å². The van der Waals surface area contributed by atoms with E-state index in [0.717, 1.165) is 35.4 Å². The molecule has 6 aromatic rings. The standard InChI is InChI=1S/C80H111N19O16S/c1-6-8-9-10-26-56-72(108)91-57(27-17-18-31-81)73(109)93-60(36-50-39-87-54-25-16-14-23-52(50)54)77(113)98-67(44(3)4)78(114)97-63(69(82)105)42-116-43-65(102)90-58(34-46-29-30-47-20-11-12-21-48(47)33-46)76(112)99-68(45(5)7-2)79(115)96-62(41-100)70(106)88-40-64(101)89-55(28-19-32-85-80(83)84)71(107)95-61(37-66(103)104)75(111)94-59(74(110)92-56)35-49-38-86-53-24-15-13-22-51(49)53/h11-16,20-25,29-30,33,38-39,44-45,55-63,67-68,86-87,100H,6-10,17-19,26-28,31-32,34-37,40-43,81H2,1-5H3,(H2,82,105)(H,88,106)(H,89,101)(H,90,102)(H,91,108)(H,92,110)(H,93,109)(H,94,111)(H,95,107)(H,96,115)(H,97,114)(H,98,113)(H,99,112)(H,103,104)(H4,83,84,85)/t45-,55-,56-,57-,58-,59-,60-,61-,62-,63-,67-,68-/m0/s1. The first kappa shape index (κ1) is 91.5. The fraction of sp³-hybridized carbons (Fsp3) is 0.487. The van der Waals surface area contributed by atoms with Gasteiger partial charge in [0.15, 0.2) is 5.96 Å². The van der Waals surface area contributed by atoms with Gasteiger partial charge in [-0.1, -0.05) is 146 Å². The summed E-state index contributed by atoms with van der Waals surface area (Å²) in [6, 6.07) is 9.92. The van der Waals surface area contributed by atoms with Gasteiger partial charge in [0.05, 0.1) is 25.3 Å². The number of thioether (sulfide) groups is 1. The number of unbranched alkanes of at least 4 members (excludes halogenated alkanes) is 4. The lowest BCUT2D eigenvalue weighted by Crippen LogP contribution is -2.61. The van der Waals surface area contributed by atoms with Crippen LogP contribution in [0.4, 0.5) is 0 Å². The molecule has 0 unspecified atom stereocenters. The largest absolute Gasteiger partial charge is 0.481 e. The topological polar surface area (TPSA) is 569 Å². The summed E-state index contributed by atoms with van der Waals surface area (Å²) in [5, 5.41) is 65.5. The fourth-order valence-electron chi connectivity index (χ4n) is 13.3. The van der Waals surface area contributed by atoms with Gasteiger partial charge in [0.2, 0.25) is 76.8 Å². The van der Waals surface area contributed by atoms with Gasteiger partial charge < -0.3 is 107 Å². The van der Waals surface area contributed by atoms with Crippen molar-refractivity contribution in [2.24, 2.45) is 29.0 Å². The predicted molar refractivity (Wildman–Crippen MR) is 437 cm³/mol. The van der Waals surface area contributed by atoms with Crippen molar-refractivity contribution in [3.63, 3.8) is 0 Å². The highest BCUT2D eigenvalue weighted by atomic mass is 32.2. The number of benzene rings is 4. The first-order valence-electron chi connectivity index (χ1n) is 39.2. The Morgan fingerprint density at radius 3 is 1.55 bits per heavy atom. The minimum Gasteiger partial charge on any atom is -0.481 e. The summed E-state index contributed by atoms with van der Waals surface area (Å²) in [6.07, 6.45) is 4.59. The third-order valence-electron chi connectivity index (χ3n) is 20.0. The number of carbonyl (C=O) groups is 14. The Morgan fingerprint density at radius 2 is 1.00 bits per heavy atom. The highest BCUT2D eigenvalue weighted by molar-refractivity contribution is 8.00. The number of H-pyrrole nitrogens is 2. The number of para-hydroxylation sites is 2. The molecular formula is C80H111N19O16S. The van der Waals surface area contributed by atoms with Crippen LogP contribution < -0.4 is 86.3 Å². The van der Waals surface area contributed by atoms with Crippen molar-refractivity contribution in [2.45, 2.75) is 197 Å². The summed E-state index contributed by atoms with van der Waals surface area (Å²) >= 11 is 0.866. The summed E-state index contributed by atoms with van der Waals surface area (Å²) < 4.78 is 0. The Hall–Kier alpha value is -11.7. The third-order valence-corrected chi connectivity index (χ3v) is 21.1. The first-order valence-corrected chi connectivity index (χ1v) is 40.3. The first-order chi connectivity index (χ1) is 55.5. The zero-order valence-corrected chi connectivity index (χ0v) is 66.7. The molecule has 7 rings (SSSR count). The van der Waals surface area contributed by atoms with Crippen LogP contribution in [0.2, 0.25) is 0 Å². The monoisotopic (exact) mass is 1630 g/mol. The van der Waals surface area contributed by atoms with E-state index in [9.17, 15) is 58.2 Å². The number of guanidine groups is 1. The molecule has 0 aliphatic carbocycles. The Labute approximate surface area is 676 Å². The summed E-state index contributed by atoms with van der Waals surface area (Å²) in [5.41, 5.74) is 20.4. The minimum absolute atomic E-state index is 0.00356. The summed E-state index contributed by atoms with van der Waals surface area (Å²) in [4.78, 5) is 208. The van der Waals surface area contributed by atoms with Crippen molar-refractivity contribution in [3.8, 4) is 0 Å². The molecule has 2 aromatic heterocycles. The number of carboxylic acids is 1. The van der Waals surface area contributed by atoms with E-state index in [2.05, 4.69) is 79.1 Å². The smallest absolute Gasteiger partial charge is 0.305 e. The summed E-state index contributed by atoms with van der Waals surface area (Å²) in [5.74, 6) is -16.6. The maximum Gasteiger partial charge on any atom is 0.305 e. The number of aliphatic carboxylic acids is 1. The second-order valence-corrected chi connectivity index (χ2v) is 30.3. The van der Waals surface area contributed by atoms with E-state index >= 15 is 19.2 Å². The quantitative estimate of drug-likeness (QED) is 0.0194. The van der Waals surface area contributed by atoms with Crippen LogP contribution >= 0.6 is 11.8 Å². The van der Waals surface area contributed by atoms with Gasteiger partial charge in [0.1, 0.15) is 66.5 Å². The number of nitrogens with one attached hydrogen (secondary N) is 16. The third kappa shape index (κ3) is 28.1. The van der Waals surface area contributed by atoms with Crippen molar-refractivity contribution in [1.29, 1.82) is 5.41 Å². The van der Waals surface area contributed by atoms with Gasteiger partial charge in [0, 0.05) is 65.8 Å². The van der Waals surface area contributed by atoms with E-state index in [1.165, 1.54) is 0 Å². The average molecular weight is 1630 g/mol. The van der Waals surface area contributed by atoms with Crippen molar-refractivity contribution >= 4 is 133 Å². The van der Waals surface area contributed by atoms with Crippen LogP contribution in [0.25, 0.3) is 32.6 Å². The molecule has 1 saturated heterocycles. The van der Waals surface area contributed by atoms with E-state index < -0.39 is 192 Å². The maximum atomic E-state index is 15.2. The van der Waals surface area contributed by atoms with Gasteiger partial charge in [-0.15, -0.1) is 11.8 Å². The molecule has 12 atom stereocenters. The zero-order valence-electron chi connectivity index (χ0n) is 65.9. The number of hydrogen-bond donors (Lipinski definition) is 21. The summed E-state index contributed by atoms with van der Waals surface area (Å²) in [6.45, 7) is 6.77. The highest BCUT2D eigenvalue weighted by Crippen LogP contribution is 2.24. The molecule has 1 fully saturated rings. The molecule has 116 heavy (non-hydrogen) atoms. The van der Waals surface area contributed by atoms with Gasteiger partial charge in [-0.25, -0.2) is 0 Å². The normalized spacial score (nSPS) is 22.7. The predicted octanol–water partition coefficient (Wildman–Crippen LogP) is 0.0432. The van der Waals surface area contributed by atoms with E-state index in [1.807, 2.05) is 43.3 Å². The van der Waals surface area contributed by atoms with Crippen LogP contribution in [-0.2, 0) is 86.4 Å². The Bertz CT molecular complexity index is 4440. The Morgan fingerprint density at radius 1 is 0.517 bits per heavy atom. The number of aromatic nitrogens is 2. The number of aromatic amines is 2. The maximum absolute atomic E-state index is 15.2. The zero-order chi connectivity index (χ0) is 84.5. The van der Waals surface area contributed by atoms with Crippen LogP contribution in [0.1, 0.15) is 128 Å². The molecule has 0 bridgehead atoms. The van der Waals surface area contributed by atoms with Crippen LogP contribution in [0.15, 0.2) is 103 Å². The molecule has 3 heterocycles. The number of primary amides is 1. The van der Waals surface area contributed by atoms with Crippen molar-refractivity contribution in [1.82, 2.24) is 79.1 Å². The number of hydrogen-bond acceptors (Lipinski definition) is 18. The van der Waals surface area contributed by atoms with E-state index in [4.69, 9.17) is 22.6 Å². The van der Waals surface area contributed by atoms with Crippen LogP contribution in [-0.4, -0.2) is 213 Å². The Balaban J connectivity index is 1.28. The highest BCUT2D eigenvalue weighted by Gasteiger charge is 2.39. The van der Waals surface area contributed by atoms with Gasteiger partial charge >= 0.3 is 5.97 Å². The molecule has 24 N–H and O–H groups in total. The molecule has 36 heteroatoms. The van der Waals surface area contributed by atoms with Gasteiger partial charge in [-0.3, -0.25) is 72.5 Å². The molecule has 0 spiro atoms. The second kappa shape index (κ2) is 46.0. The summed E-state index contributed by atoms with van der Waals surface area (Å²) in [7, 11) is 0. The number of carbonyl (C=O) groups excluding carboxylic acids is 13. The van der Waals surface area contributed by atoms with Crippen LogP contribution in [0.3, 0.4) is 0 Å². The number of amides is 13. The molecule has 628 valence electrons. The molecule has 1 aliphatic heterocycles. The fourth-order valence-corrected chi connectivity index (χ4v) is 14.2. The second-order valence-electron chi connectivity index (χ2n) is 29.3. The van der Waals surface area contributed by atoms with Crippen molar-refractivity contribution in [2.75, 3.05) is 37.7 Å². The number of nitrogens with two attached hydrogens (primary N) is 3. The van der Waals surface area contributed by atoms with E-state index in [-0.39, 0.29) is 76.6 Å². The lowest BCUT2D eigenvalue weighted by Gasteiger charge is -2.29. The molecule has 13 amide bonds. The molecular weight excluding hydrogens is 1520 g/mol. The molecule has 4 aromatic carbocycles. The molecule has 0 radical (unpaired) electrons. The molecule has 1 aliphatic rings. The number of fused-ring (bicyclic) bond motifs is 3. The average Bonchev–Trinajstić information content (AvgIpc) is 1.60. The molecule has 35 nitrogen and oxygen atoms in total. The number of aliphatic hydroxyl groups is 1. The SMILES string of the molecule is CCCCCC[C@@H]1NC(=O)[C@H](Cc2c[nH]c3ccccc23)NC(=O)[C@H](CC(=O)O)NC(=O)[C@H](CCCNC(=N)N)NC(=O)CNC(=O)[C@H](CO)NC(=O)[C@H]([C@@H](C)CC)NC(=O)[C@H](Cc2ccc3ccccc3c2)NC(=O)CSC[C@@H](C(N)=O)NC(=O)[C@H](C(C)C)NC(=O)[C@H](Cc2c[nH]c3ccccc23)NC(=O)[C@H](CCCCN)NC1=O. The Kier molecular flexibility index (Phi) is 36.3. The van der Waals surface area contributed by atoms with E-state index in [0.29, 0.717) is 57.8 Å². The minimum atomic E-state index is -1.99. The van der Waals surface area contributed by atoms with Gasteiger partial charge in [0.25, 0.3) is 0 Å². The lowest BCUT2D eigenvalue weighted by molar-refractivity contribution is -0.141. The van der Waals surface area contributed by atoms with Crippen molar-refractivity contribution in [3.05, 3.63) is 120 Å². The number of aliphatic hydroxyl groups excluding tert-OH is 1. The van der Waals surface area contributed by atoms with Crippen molar-refractivity contribution < 1.29 is 77.3 Å². The van der Waals surface area contributed by atoms with E-state index in [1.54, 1.807) is 94.7 Å². The molecule has 0 saturated carbocycles. The number of carboxylic acid groups (broad SMARTS) is 1. The van der Waals surface area contributed by atoms with Gasteiger partial charge in [-0.2, -0.15) is 0 Å². The van der Waals surface area contributed by atoms with Crippen LogP contribution in [0.5, 0.6) is 0 Å². The lowest BCUT2D eigenvalue weighted by atomic mass is 9.96.